The molecule has 0 aromatic heterocycles. The lowest BCUT2D eigenvalue weighted by atomic mass is 9.83. The van der Waals surface area contributed by atoms with Crippen LogP contribution in [0.5, 0.6) is 0 Å². The molecule has 0 bridgehead atoms. The lowest BCUT2D eigenvalue weighted by Gasteiger charge is -2.41. The van der Waals surface area contributed by atoms with Crippen LogP contribution in [0.25, 0.3) is 0 Å². The molecule has 2 atom stereocenters. The SMILES string of the molecule is COC(=O)NC1CC(CCO)CN(CC2CCC2)C1. The molecule has 2 N–H and O–H groups in total. The Morgan fingerprint density at radius 3 is 2.74 bits per heavy atom. The monoisotopic (exact) mass is 270 g/mol. The molecule has 2 fully saturated rings. The van der Waals surface area contributed by atoms with E-state index in [1.165, 1.54) is 26.4 Å². The highest BCUT2D eigenvalue weighted by Gasteiger charge is 2.30. The van der Waals surface area contributed by atoms with Gasteiger partial charge in [0.2, 0.25) is 0 Å². The van der Waals surface area contributed by atoms with E-state index in [0.717, 1.165) is 38.4 Å². The van der Waals surface area contributed by atoms with Crippen LogP contribution in [0, 0.1) is 11.8 Å². The van der Waals surface area contributed by atoms with E-state index in [-0.39, 0.29) is 18.7 Å². The number of rotatable bonds is 5. The van der Waals surface area contributed by atoms with Crippen molar-refractivity contribution in [3.8, 4) is 0 Å². The van der Waals surface area contributed by atoms with Crippen LogP contribution in [0.15, 0.2) is 0 Å². The summed E-state index contributed by atoms with van der Waals surface area (Å²) in [7, 11) is 1.40. The van der Waals surface area contributed by atoms with Crippen LogP contribution < -0.4 is 5.32 Å². The third-order valence-electron chi connectivity index (χ3n) is 4.40. The van der Waals surface area contributed by atoms with Gasteiger partial charge in [-0.1, -0.05) is 6.42 Å². The summed E-state index contributed by atoms with van der Waals surface area (Å²) < 4.78 is 4.68. The average molecular weight is 270 g/mol. The molecule has 2 aliphatic rings. The molecule has 19 heavy (non-hydrogen) atoms. The Bertz CT molecular complexity index is 294. The third kappa shape index (κ3) is 4.35. The Hall–Kier alpha value is -0.810. The van der Waals surface area contributed by atoms with Crippen LogP contribution >= 0.6 is 0 Å². The maximum atomic E-state index is 11.3. The standard InChI is InChI=1S/C14H26N2O3/c1-19-14(18)15-13-7-12(5-6-17)9-16(10-13)8-11-3-2-4-11/h11-13,17H,2-10H2,1H3,(H,15,18). The number of nitrogens with one attached hydrogen (secondary N) is 1. The number of likely N-dealkylation sites (tertiary alicyclic amines) is 1. The molecule has 1 aliphatic heterocycles. The quantitative estimate of drug-likeness (QED) is 0.788. The second-order valence-electron chi connectivity index (χ2n) is 5.96. The molecule has 0 aromatic rings. The van der Waals surface area contributed by atoms with Crippen LogP contribution in [0.4, 0.5) is 4.79 Å². The van der Waals surface area contributed by atoms with Crippen molar-refractivity contribution in [1.82, 2.24) is 10.2 Å². The zero-order chi connectivity index (χ0) is 13.7. The fourth-order valence-corrected chi connectivity index (χ4v) is 3.21. The molecule has 0 spiro atoms. The van der Waals surface area contributed by atoms with Gasteiger partial charge in [-0.05, 0) is 37.5 Å². The van der Waals surface area contributed by atoms with Gasteiger partial charge in [-0.3, -0.25) is 0 Å². The molecule has 1 heterocycles. The van der Waals surface area contributed by atoms with E-state index in [2.05, 4.69) is 15.0 Å². The van der Waals surface area contributed by atoms with Gasteiger partial charge in [-0.2, -0.15) is 0 Å². The van der Waals surface area contributed by atoms with Crippen LogP contribution in [-0.2, 0) is 4.74 Å². The first kappa shape index (κ1) is 14.6. The Morgan fingerprint density at radius 1 is 1.37 bits per heavy atom. The van der Waals surface area contributed by atoms with Crippen molar-refractivity contribution in [3.05, 3.63) is 0 Å². The first-order chi connectivity index (χ1) is 9.21. The number of piperidine rings is 1. The Kier molecular flexibility index (Phi) is 5.45. The third-order valence-corrected chi connectivity index (χ3v) is 4.40. The van der Waals surface area contributed by atoms with Gasteiger partial charge in [-0.15, -0.1) is 0 Å². The highest BCUT2D eigenvalue weighted by atomic mass is 16.5. The summed E-state index contributed by atoms with van der Waals surface area (Å²) in [5.74, 6) is 1.31. The van der Waals surface area contributed by atoms with Gasteiger partial charge in [0.05, 0.1) is 7.11 Å². The summed E-state index contributed by atoms with van der Waals surface area (Å²) in [5, 5.41) is 12.0. The number of hydrogen-bond donors (Lipinski definition) is 2. The number of amides is 1. The Balaban J connectivity index is 1.85. The summed E-state index contributed by atoms with van der Waals surface area (Å²) in [6.45, 7) is 3.33. The van der Waals surface area contributed by atoms with Crippen molar-refractivity contribution in [2.24, 2.45) is 11.8 Å². The molecule has 2 unspecified atom stereocenters. The molecular formula is C14H26N2O3. The van der Waals surface area contributed by atoms with E-state index in [9.17, 15) is 4.79 Å². The summed E-state index contributed by atoms with van der Waals surface area (Å²) >= 11 is 0. The fraction of sp³-hybridized carbons (Fsp3) is 0.929. The van der Waals surface area contributed by atoms with Crippen molar-refractivity contribution in [2.75, 3.05) is 33.4 Å². The van der Waals surface area contributed by atoms with Crippen molar-refractivity contribution in [2.45, 2.75) is 38.1 Å². The number of ether oxygens (including phenoxy) is 1. The number of aliphatic hydroxyl groups is 1. The van der Waals surface area contributed by atoms with Crippen LogP contribution in [0.1, 0.15) is 32.1 Å². The zero-order valence-corrected chi connectivity index (χ0v) is 11.8. The van der Waals surface area contributed by atoms with E-state index in [1.54, 1.807) is 0 Å². The summed E-state index contributed by atoms with van der Waals surface area (Å²) in [6.07, 6.45) is 5.46. The molecule has 1 aliphatic carbocycles. The van der Waals surface area contributed by atoms with E-state index < -0.39 is 0 Å². The number of carbonyl (C=O) groups excluding carboxylic acids is 1. The second-order valence-corrected chi connectivity index (χ2v) is 5.96. The highest BCUT2D eigenvalue weighted by Crippen LogP contribution is 2.29. The summed E-state index contributed by atoms with van der Waals surface area (Å²) in [6, 6.07) is 0.151. The molecule has 1 saturated carbocycles. The van der Waals surface area contributed by atoms with Crippen molar-refractivity contribution >= 4 is 6.09 Å². The molecular weight excluding hydrogens is 244 g/mol. The first-order valence-electron chi connectivity index (χ1n) is 7.39. The zero-order valence-electron chi connectivity index (χ0n) is 11.8. The smallest absolute Gasteiger partial charge is 0.407 e. The number of aliphatic hydroxyl groups excluding tert-OH is 1. The largest absolute Gasteiger partial charge is 0.453 e. The van der Waals surface area contributed by atoms with Gasteiger partial charge in [0.15, 0.2) is 0 Å². The lowest BCUT2D eigenvalue weighted by molar-refractivity contribution is 0.0866. The topological polar surface area (TPSA) is 61.8 Å². The van der Waals surface area contributed by atoms with Crippen LogP contribution in [-0.4, -0.2) is 55.5 Å². The maximum Gasteiger partial charge on any atom is 0.407 e. The second kappa shape index (κ2) is 7.10. The maximum absolute atomic E-state index is 11.3. The van der Waals surface area contributed by atoms with Gasteiger partial charge in [0, 0.05) is 32.3 Å². The minimum atomic E-state index is -0.349. The van der Waals surface area contributed by atoms with E-state index >= 15 is 0 Å². The molecule has 2 rings (SSSR count). The normalized spacial score (nSPS) is 28.7. The Morgan fingerprint density at radius 2 is 2.16 bits per heavy atom. The van der Waals surface area contributed by atoms with Gasteiger partial charge in [0.25, 0.3) is 0 Å². The van der Waals surface area contributed by atoms with Crippen LogP contribution in [0.2, 0.25) is 0 Å². The molecule has 5 nitrogen and oxygen atoms in total. The van der Waals surface area contributed by atoms with Crippen molar-refractivity contribution < 1.29 is 14.6 Å². The molecule has 1 amide bonds. The average Bonchev–Trinajstić information content (AvgIpc) is 2.34. The van der Waals surface area contributed by atoms with Gasteiger partial charge >= 0.3 is 6.09 Å². The van der Waals surface area contributed by atoms with Gasteiger partial charge in [0.1, 0.15) is 0 Å². The molecule has 110 valence electrons. The lowest BCUT2D eigenvalue weighted by Crippen LogP contribution is -2.52. The van der Waals surface area contributed by atoms with Crippen LogP contribution in [0.3, 0.4) is 0 Å². The number of methoxy groups -OCH3 is 1. The first-order valence-corrected chi connectivity index (χ1v) is 7.39. The number of carbonyl (C=O) groups is 1. The fourth-order valence-electron chi connectivity index (χ4n) is 3.21. The minimum absolute atomic E-state index is 0.151. The highest BCUT2D eigenvalue weighted by molar-refractivity contribution is 5.67. The van der Waals surface area contributed by atoms with Crippen molar-refractivity contribution in [1.29, 1.82) is 0 Å². The molecule has 1 saturated heterocycles. The Labute approximate surface area is 115 Å². The number of alkyl carbamates (subject to hydrolysis) is 1. The molecule has 0 aromatic carbocycles. The summed E-state index contributed by atoms with van der Waals surface area (Å²) in [5.41, 5.74) is 0. The number of hydrogen-bond acceptors (Lipinski definition) is 4. The summed E-state index contributed by atoms with van der Waals surface area (Å²) in [4.78, 5) is 13.8. The van der Waals surface area contributed by atoms with Crippen molar-refractivity contribution in [3.63, 3.8) is 0 Å². The predicted octanol–water partition coefficient (Wildman–Crippen LogP) is 1.22. The van der Waals surface area contributed by atoms with E-state index in [4.69, 9.17) is 5.11 Å². The van der Waals surface area contributed by atoms with E-state index in [0.29, 0.717) is 5.92 Å². The predicted molar refractivity (Wildman–Crippen MR) is 72.9 cm³/mol. The number of nitrogens with zero attached hydrogens (tertiary/aromatic N) is 1. The molecule has 0 radical (unpaired) electrons. The minimum Gasteiger partial charge on any atom is -0.453 e. The van der Waals surface area contributed by atoms with Gasteiger partial charge < -0.3 is 20.1 Å². The van der Waals surface area contributed by atoms with E-state index in [1.807, 2.05) is 0 Å². The molecule has 5 heteroatoms. The van der Waals surface area contributed by atoms with Gasteiger partial charge in [-0.25, -0.2) is 4.79 Å².